The van der Waals surface area contributed by atoms with Crippen molar-refractivity contribution in [3.05, 3.63) is 28.0 Å². The Balaban J connectivity index is 2.66. The Hall–Kier alpha value is -1.26. The molecule has 78 valence electrons. The fourth-order valence-electron chi connectivity index (χ4n) is 1.25. The topological polar surface area (TPSA) is 67.6 Å². The highest BCUT2D eigenvalue weighted by atomic mass is 35.5. The van der Waals surface area contributed by atoms with Crippen molar-refractivity contribution in [2.75, 3.05) is 5.73 Å². The molecule has 0 fully saturated rings. The number of H-pyrrole nitrogens is 1. The molecular formula is C9H8Cl2N4. The third-order valence-electron chi connectivity index (χ3n) is 1.96. The lowest BCUT2D eigenvalue weighted by atomic mass is 10.1. The van der Waals surface area contributed by atoms with Gasteiger partial charge in [0.05, 0.1) is 21.3 Å². The molecule has 0 aliphatic carbocycles. The van der Waals surface area contributed by atoms with Crippen molar-refractivity contribution in [3.63, 3.8) is 0 Å². The first-order valence-corrected chi connectivity index (χ1v) is 4.98. The predicted molar refractivity (Wildman–Crippen MR) is 61.0 cm³/mol. The van der Waals surface area contributed by atoms with Gasteiger partial charge in [0.1, 0.15) is 5.82 Å². The zero-order valence-electron chi connectivity index (χ0n) is 7.88. The minimum atomic E-state index is 0.392. The summed E-state index contributed by atoms with van der Waals surface area (Å²) in [5.74, 6) is 1.15. The lowest BCUT2D eigenvalue weighted by Crippen LogP contribution is -1.93. The molecule has 0 radical (unpaired) electrons. The molecule has 0 unspecified atom stereocenters. The van der Waals surface area contributed by atoms with E-state index in [4.69, 9.17) is 28.9 Å². The first-order valence-electron chi connectivity index (χ1n) is 4.22. The summed E-state index contributed by atoms with van der Waals surface area (Å²) in [6.07, 6.45) is 0. The molecule has 2 aromatic rings. The van der Waals surface area contributed by atoms with Crippen LogP contribution in [0.1, 0.15) is 5.82 Å². The Morgan fingerprint density at radius 2 is 1.93 bits per heavy atom. The zero-order chi connectivity index (χ0) is 11.0. The molecule has 4 nitrogen and oxygen atoms in total. The van der Waals surface area contributed by atoms with Crippen LogP contribution in [0.15, 0.2) is 12.1 Å². The van der Waals surface area contributed by atoms with Crippen LogP contribution in [0.4, 0.5) is 5.69 Å². The van der Waals surface area contributed by atoms with Crippen molar-refractivity contribution in [3.8, 4) is 11.4 Å². The van der Waals surface area contributed by atoms with Gasteiger partial charge >= 0.3 is 0 Å². The van der Waals surface area contributed by atoms with Gasteiger partial charge in [0.15, 0.2) is 5.82 Å². The molecule has 1 aromatic carbocycles. The minimum Gasteiger partial charge on any atom is -0.397 e. The monoisotopic (exact) mass is 242 g/mol. The second-order valence-corrected chi connectivity index (χ2v) is 3.88. The normalized spacial score (nSPS) is 10.6. The van der Waals surface area contributed by atoms with E-state index >= 15 is 0 Å². The molecule has 0 amide bonds. The maximum atomic E-state index is 6.01. The average molecular weight is 243 g/mol. The van der Waals surface area contributed by atoms with E-state index in [-0.39, 0.29) is 0 Å². The summed E-state index contributed by atoms with van der Waals surface area (Å²) in [5, 5.41) is 7.64. The van der Waals surface area contributed by atoms with Gasteiger partial charge in [-0.25, -0.2) is 4.98 Å². The Bertz CT molecular complexity index is 507. The van der Waals surface area contributed by atoms with Crippen LogP contribution in [-0.2, 0) is 0 Å². The van der Waals surface area contributed by atoms with E-state index in [9.17, 15) is 0 Å². The van der Waals surface area contributed by atoms with Crippen molar-refractivity contribution < 1.29 is 0 Å². The van der Waals surface area contributed by atoms with Crippen LogP contribution in [0.2, 0.25) is 10.0 Å². The van der Waals surface area contributed by atoms with Crippen LogP contribution < -0.4 is 5.73 Å². The number of hydrogen-bond acceptors (Lipinski definition) is 3. The lowest BCUT2D eigenvalue weighted by molar-refractivity contribution is 1.04. The van der Waals surface area contributed by atoms with Crippen molar-refractivity contribution in [1.29, 1.82) is 0 Å². The number of aryl methyl sites for hydroxylation is 1. The second-order valence-electron chi connectivity index (χ2n) is 3.06. The number of benzene rings is 1. The van der Waals surface area contributed by atoms with Gasteiger partial charge in [0.2, 0.25) is 0 Å². The van der Waals surface area contributed by atoms with E-state index in [1.54, 1.807) is 19.1 Å². The van der Waals surface area contributed by atoms with Crippen LogP contribution in [0.3, 0.4) is 0 Å². The fraction of sp³-hybridized carbons (Fsp3) is 0.111. The molecule has 0 aliphatic heterocycles. The molecule has 1 heterocycles. The number of halogens is 2. The highest BCUT2D eigenvalue weighted by Crippen LogP contribution is 2.35. The Morgan fingerprint density at radius 1 is 1.27 bits per heavy atom. The Morgan fingerprint density at radius 3 is 2.53 bits per heavy atom. The fourth-order valence-corrected chi connectivity index (χ4v) is 1.66. The van der Waals surface area contributed by atoms with Crippen molar-refractivity contribution in [2.45, 2.75) is 6.92 Å². The van der Waals surface area contributed by atoms with Crippen LogP contribution in [-0.4, -0.2) is 15.2 Å². The summed E-state index contributed by atoms with van der Waals surface area (Å²) < 4.78 is 0. The van der Waals surface area contributed by atoms with Crippen LogP contribution in [0.25, 0.3) is 11.4 Å². The average Bonchev–Trinajstić information content (AvgIpc) is 2.59. The third kappa shape index (κ3) is 1.78. The van der Waals surface area contributed by atoms with Gasteiger partial charge in [-0.1, -0.05) is 23.2 Å². The van der Waals surface area contributed by atoms with Crippen LogP contribution >= 0.6 is 23.2 Å². The minimum absolute atomic E-state index is 0.392. The molecule has 0 bridgehead atoms. The number of nitrogen functional groups attached to an aromatic ring is 1. The number of aromatic nitrogens is 3. The molecule has 2 rings (SSSR count). The first-order chi connectivity index (χ1) is 7.09. The largest absolute Gasteiger partial charge is 0.397 e. The third-order valence-corrected chi connectivity index (χ3v) is 2.61. The summed E-state index contributed by atoms with van der Waals surface area (Å²) in [7, 11) is 0. The smallest absolute Gasteiger partial charge is 0.184 e. The number of anilines is 1. The summed E-state index contributed by atoms with van der Waals surface area (Å²) in [6.45, 7) is 1.80. The van der Waals surface area contributed by atoms with Crippen molar-refractivity contribution in [2.24, 2.45) is 0 Å². The van der Waals surface area contributed by atoms with E-state index in [0.717, 1.165) is 0 Å². The molecule has 6 heteroatoms. The van der Waals surface area contributed by atoms with Gasteiger partial charge in [0.25, 0.3) is 0 Å². The van der Waals surface area contributed by atoms with Gasteiger partial charge in [-0.05, 0) is 19.1 Å². The molecule has 3 N–H and O–H groups in total. The summed E-state index contributed by atoms with van der Waals surface area (Å²) >= 11 is 11.9. The standard InChI is InChI=1S/C9H8Cl2N4/c1-4-13-9(15-14-4)7-5(10)2-3-6(11)8(7)12/h2-3H,12H2,1H3,(H,13,14,15). The summed E-state index contributed by atoms with van der Waals surface area (Å²) in [5.41, 5.74) is 6.77. The summed E-state index contributed by atoms with van der Waals surface area (Å²) in [6, 6.07) is 3.31. The number of nitrogens with two attached hydrogens (primary N) is 1. The van der Waals surface area contributed by atoms with E-state index < -0.39 is 0 Å². The van der Waals surface area contributed by atoms with Gasteiger partial charge in [-0.15, -0.1) is 0 Å². The van der Waals surface area contributed by atoms with Gasteiger partial charge in [0, 0.05) is 0 Å². The number of nitrogens with zero attached hydrogens (tertiary/aromatic N) is 2. The zero-order valence-corrected chi connectivity index (χ0v) is 9.39. The molecule has 0 saturated carbocycles. The van der Waals surface area contributed by atoms with Crippen molar-refractivity contribution in [1.82, 2.24) is 15.2 Å². The molecule has 0 aliphatic rings. The predicted octanol–water partition coefficient (Wildman–Crippen LogP) is 2.67. The maximum absolute atomic E-state index is 6.01. The van der Waals surface area contributed by atoms with Gasteiger partial charge in [-0.2, -0.15) is 5.10 Å². The van der Waals surface area contributed by atoms with Gasteiger partial charge < -0.3 is 5.73 Å². The molecule has 0 spiro atoms. The molecule has 1 aromatic heterocycles. The summed E-state index contributed by atoms with van der Waals surface area (Å²) in [4.78, 5) is 4.15. The first kappa shape index (κ1) is 10.3. The molecule has 15 heavy (non-hydrogen) atoms. The SMILES string of the molecule is Cc1nc(-c2c(Cl)ccc(Cl)c2N)n[nH]1. The van der Waals surface area contributed by atoms with Crippen LogP contribution in [0, 0.1) is 6.92 Å². The number of rotatable bonds is 1. The van der Waals surface area contributed by atoms with E-state index in [0.29, 0.717) is 32.9 Å². The molecular weight excluding hydrogens is 235 g/mol. The van der Waals surface area contributed by atoms with Gasteiger partial charge in [-0.3, -0.25) is 5.10 Å². The Kier molecular flexibility index (Phi) is 2.54. The number of hydrogen-bond donors (Lipinski definition) is 2. The lowest BCUT2D eigenvalue weighted by Gasteiger charge is -2.05. The van der Waals surface area contributed by atoms with Crippen LogP contribution in [0.5, 0.6) is 0 Å². The second kappa shape index (κ2) is 3.72. The highest BCUT2D eigenvalue weighted by molar-refractivity contribution is 6.37. The van der Waals surface area contributed by atoms with Crippen molar-refractivity contribution >= 4 is 28.9 Å². The number of aromatic amines is 1. The van der Waals surface area contributed by atoms with E-state index in [1.165, 1.54) is 0 Å². The maximum Gasteiger partial charge on any atom is 0.184 e. The highest BCUT2D eigenvalue weighted by Gasteiger charge is 2.14. The van der Waals surface area contributed by atoms with E-state index in [1.807, 2.05) is 0 Å². The molecule has 0 saturated heterocycles. The Labute approximate surface area is 96.4 Å². The van der Waals surface area contributed by atoms with E-state index in [2.05, 4.69) is 15.2 Å². The number of nitrogens with one attached hydrogen (secondary N) is 1. The quantitative estimate of drug-likeness (QED) is 0.756. The molecule has 0 atom stereocenters.